The summed E-state index contributed by atoms with van der Waals surface area (Å²) in [7, 11) is 0. The molecule has 2 rings (SSSR count). The maximum absolute atomic E-state index is 13.3. The number of carbonyl (C=O) groups excluding carboxylic acids is 1. The molecule has 0 aromatic carbocycles. The second kappa shape index (κ2) is 10.7. The first-order valence-corrected chi connectivity index (χ1v) is 10.7. The van der Waals surface area contributed by atoms with Gasteiger partial charge in [0.05, 0.1) is 24.9 Å². The SMILES string of the molecule is CC(C)C(=O)NC(COC1CCC(F)(F)CC1)C(C)OCC1CCCCC1. The van der Waals surface area contributed by atoms with E-state index in [-0.39, 0.29) is 42.9 Å². The minimum atomic E-state index is -2.55. The zero-order valence-electron chi connectivity index (χ0n) is 17.1. The largest absolute Gasteiger partial charge is 0.376 e. The summed E-state index contributed by atoms with van der Waals surface area (Å²) in [4.78, 5) is 12.2. The average molecular weight is 390 g/mol. The van der Waals surface area contributed by atoms with Gasteiger partial charge in [-0.3, -0.25) is 4.79 Å². The number of amides is 1. The summed E-state index contributed by atoms with van der Waals surface area (Å²) < 4.78 is 38.6. The molecule has 2 fully saturated rings. The minimum absolute atomic E-state index is 0.0353. The predicted molar refractivity (Wildman–Crippen MR) is 102 cm³/mol. The fourth-order valence-electron chi connectivity index (χ4n) is 3.82. The van der Waals surface area contributed by atoms with Crippen molar-refractivity contribution in [1.29, 1.82) is 0 Å². The van der Waals surface area contributed by atoms with Gasteiger partial charge in [0.2, 0.25) is 11.8 Å². The monoisotopic (exact) mass is 389 g/mol. The lowest BCUT2D eigenvalue weighted by Crippen LogP contribution is -2.48. The first-order valence-electron chi connectivity index (χ1n) is 10.7. The molecule has 4 nitrogen and oxygen atoms in total. The topological polar surface area (TPSA) is 47.6 Å². The van der Waals surface area contributed by atoms with E-state index in [2.05, 4.69) is 5.32 Å². The molecular weight excluding hydrogens is 352 g/mol. The Kier molecular flexibility index (Phi) is 8.93. The van der Waals surface area contributed by atoms with Gasteiger partial charge in [-0.2, -0.15) is 0 Å². The molecule has 0 saturated heterocycles. The minimum Gasteiger partial charge on any atom is -0.376 e. The van der Waals surface area contributed by atoms with E-state index in [4.69, 9.17) is 9.47 Å². The van der Waals surface area contributed by atoms with Crippen LogP contribution in [0.3, 0.4) is 0 Å². The molecule has 0 heterocycles. The van der Waals surface area contributed by atoms with Crippen LogP contribution in [0.15, 0.2) is 0 Å². The molecule has 6 heteroatoms. The summed E-state index contributed by atoms with van der Waals surface area (Å²) in [6.07, 6.45) is 6.45. The van der Waals surface area contributed by atoms with Gasteiger partial charge in [-0.15, -0.1) is 0 Å². The zero-order chi connectivity index (χ0) is 19.9. The van der Waals surface area contributed by atoms with Gasteiger partial charge in [-0.1, -0.05) is 33.1 Å². The number of nitrogens with one attached hydrogen (secondary N) is 1. The van der Waals surface area contributed by atoms with Gasteiger partial charge < -0.3 is 14.8 Å². The summed E-state index contributed by atoms with van der Waals surface area (Å²) in [5, 5.41) is 3.02. The highest BCUT2D eigenvalue weighted by Gasteiger charge is 2.36. The van der Waals surface area contributed by atoms with Crippen LogP contribution in [0, 0.1) is 11.8 Å². The summed E-state index contributed by atoms with van der Waals surface area (Å²) in [6, 6.07) is -0.258. The molecule has 2 aliphatic carbocycles. The van der Waals surface area contributed by atoms with Crippen LogP contribution in [0.2, 0.25) is 0 Å². The Bertz CT molecular complexity index is 443. The van der Waals surface area contributed by atoms with Crippen LogP contribution in [0.4, 0.5) is 8.78 Å². The Balaban J connectivity index is 1.82. The van der Waals surface area contributed by atoms with Crippen LogP contribution < -0.4 is 5.32 Å². The molecular formula is C21H37F2NO3. The van der Waals surface area contributed by atoms with E-state index in [1.54, 1.807) is 0 Å². The van der Waals surface area contributed by atoms with Crippen molar-refractivity contribution >= 4 is 5.91 Å². The normalized spacial score (nSPS) is 23.9. The second-order valence-corrected chi connectivity index (χ2v) is 8.70. The molecule has 0 bridgehead atoms. The van der Waals surface area contributed by atoms with Gasteiger partial charge in [0.1, 0.15) is 0 Å². The van der Waals surface area contributed by atoms with Crippen molar-refractivity contribution in [2.45, 2.75) is 103 Å². The Hall–Kier alpha value is -0.750. The van der Waals surface area contributed by atoms with Gasteiger partial charge in [-0.05, 0) is 38.5 Å². The molecule has 0 spiro atoms. The van der Waals surface area contributed by atoms with Crippen molar-refractivity contribution in [2.24, 2.45) is 11.8 Å². The fourth-order valence-corrected chi connectivity index (χ4v) is 3.82. The molecule has 0 radical (unpaired) electrons. The summed E-state index contributed by atoms with van der Waals surface area (Å²) in [6.45, 7) is 6.69. The number of hydrogen-bond acceptors (Lipinski definition) is 3. The molecule has 1 amide bonds. The number of alkyl halides is 2. The third kappa shape index (κ3) is 8.02. The molecule has 2 aliphatic rings. The summed E-state index contributed by atoms with van der Waals surface area (Å²) in [5.74, 6) is -2.11. The van der Waals surface area contributed by atoms with Crippen LogP contribution >= 0.6 is 0 Å². The van der Waals surface area contributed by atoms with Gasteiger partial charge >= 0.3 is 0 Å². The maximum atomic E-state index is 13.3. The predicted octanol–water partition coefficient (Wildman–Crippen LogP) is 4.71. The molecule has 158 valence electrons. The van der Waals surface area contributed by atoms with Crippen molar-refractivity contribution in [3.63, 3.8) is 0 Å². The van der Waals surface area contributed by atoms with Crippen LogP contribution in [0.1, 0.15) is 78.6 Å². The fraction of sp³-hybridized carbons (Fsp3) is 0.952. The summed E-state index contributed by atoms with van der Waals surface area (Å²) >= 11 is 0. The van der Waals surface area contributed by atoms with Gasteiger partial charge in [-0.25, -0.2) is 8.78 Å². The molecule has 2 unspecified atom stereocenters. The van der Waals surface area contributed by atoms with Crippen molar-refractivity contribution in [2.75, 3.05) is 13.2 Å². The maximum Gasteiger partial charge on any atom is 0.248 e. The highest BCUT2D eigenvalue weighted by molar-refractivity contribution is 5.78. The molecule has 0 aromatic heterocycles. The quantitative estimate of drug-likeness (QED) is 0.621. The van der Waals surface area contributed by atoms with Crippen molar-refractivity contribution in [3.8, 4) is 0 Å². The number of rotatable bonds is 9. The Morgan fingerprint density at radius 3 is 2.30 bits per heavy atom. The van der Waals surface area contributed by atoms with E-state index in [1.807, 2.05) is 20.8 Å². The van der Waals surface area contributed by atoms with Crippen molar-refractivity contribution in [1.82, 2.24) is 5.32 Å². The second-order valence-electron chi connectivity index (χ2n) is 8.70. The summed E-state index contributed by atoms with van der Waals surface area (Å²) in [5.41, 5.74) is 0. The van der Waals surface area contributed by atoms with E-state index in [9.17, 15) is 13.6 Å². The molecule has 0 aromatic rings. The van der Waals surface area contributed by atoms with Crippen LogP contribution in [0.25, 0.3) is 0 Å². The molecule has 0 aliphatic heterocycles. The number of hydrogen-bond donors (Lipinski definition) is 1. The third-order valence-corrected chi connectivity index (χ3v) is 5.91. The van der Waals surface area contributed by atoms with E-state index in [1.165, 1.54) is 32.1 Å². The third-order valence-electron chi connectivity index (χ3n) is 5.91. The molecule has 27 heavy (non-hydrogen) atoms. The lowest BCUT2D eigenvalue weighted by atomic mass is 9.90. The van der Waals surface area contributed by atoms with Gasteiger partial charge in [0, 0.05) is 25.4 Å². The van der Waals surface area contributed by atoms with Gasteiger partial charge in [0.25, 0.3) is 0 Å². The van der Waals surface area contributed by atoms with E-state index < -0.39 is 5.92 Å². The number of carbonyl (C=O) groups is 1. The first kappa shape index (κ1) is 22.5. The van der Waals surface area contributed by atoms with Crippen molar-refractivity contribution in [3.05, 3.63) is 0 Å². The zero-order valence-corrected chi connectivity index (χ0v) is 17.1. The molecule has 2 saturated carbocycles. The molecule has 2 atom stereocenters. The average Bonchev–Trinajstić information content (AvgIpc) is 2.64. The van der Waals surface area contributed by atoms with E-state index >= 15 is 0 Å². The lowest BCUT2D eigenvalue weighted by molar-refractivity contribution is -0.128. The van der Waals surface area contributed by atoms with E-state index in [0.29, 0.717) is 32.0 Å². The number of halogens is 2. The number of ether oxygens (including phenoxy) is 2. The van der Waals surface area contributed by atoms with Crippen molar-refractivity contribution < 1.29 is 23.0 Å². The van der Waals surface area contributed by atoms with Gasteiger partial charge in [0.15, 0.2) is 0 Å². The van der Waals surface area contributed by atoms with E-state index in [0.717, 1.165) is 0 Å². The van der Waals surface area contributed by atoms with Crippen LogP contribution in [-0.4, -0.2) is 43.3 Å². The van der Waals surface area contributed by atoms with Crippen LogP contribution in [-0.2, 0) is 14.3 Å². The smallest absolute Gasteiger partial charge is 0.248 e. The first-order chi connectivity index (χ1) is 12.8. The highest BCUT2D eigenvalue weighted by atomic mass is 19.3. The van der Waals surface area contributed by atoms with Crippen LogP contribution in [0.5, 0.6) is 0 Å². The Morgan fingerprint density at radius 2 is 1.70 bits per heavy atom. The Morgan fingerprint density at radius 1 is 1.07 bits per heavy atom. The highest BCUT2D eigenvalue weighted by Crippen LogP contribution is 2.34. The standard InChI is InChI=1S/C21H37F2NO3/c1-15(2)20(25)24-19(14-27-18-9-11-21(22,23)12-10-18)16(3)26-13-17-7-5-4-6-8-17/h15-19H,4-14H2,1-3H3,(H,24,25). The molecule has 1 N–H and O–H groups in total. The Labute approximate surface area is 162 Å². The lowest BCUT2D eigenvalue weighted by Gasteiger charge is -2.32.